The van der Waals surface area contributed by atoms with E-state index in [4.69, 9.17) is 23.7 Å². The van der Waals surface area contributed by atoms with Gasteiger partial charge in [0.1, 0.15) is 6.10 Å². The van der Waals surface area contributed by atoms with E-state index < -0.39 is 64.9 Å². The van der Waals surface area contributed by atoms with Gasteiger partial charge in [-0.1, -0.05) is 0 Å². The van der Waals surface area contributed by atoms with Gasteiger partial charge in [0, 0.05) is 7.11 Å². The smallest absolute Gasteiger partial charge is 0.311 e. The lowest BCUT2D eigenvalue weighted by Crippen LogP contribution is -2.63. The van der Waals surface area contributed by atoms with Crippen molar-refractivity contribution < 1.29 is 43.2 Å². The Labute approximate surface area is 184 Å². The minimum absolute atomic E-state index is 0.0529. The van der Waals surface area contributed by atoms with E-state index in [0.717, 1.165) is 0 Å². The maximum Gasteiger partial charge on any atom is 0.311 e. The second kappa shape index (κ2) is 9.83. The van der Waals surface area contributed by atoms with Crippen LogP contribution in [0.25, 0.3) is 0 Å². The van der Waals surface area contributed by atoms with Gasteiger partial charge in [-0.3, -0.25) is 14.4 Å². The summed E-state index contributed by atoms with van der Waals surface area (Å²) in [6.07, 6.45) is -6.43. The van der Waals surface area contributed by atoms with Crippen LogP contribution in [0.15, 0.2) is 0 Å². The minimum atomic E-state index is -1.62. The normalized spacial score (nSPS) is 27.4. The molecule has 0 bridgehead atoms. The standard InChI is InChI=1S/C22H38O9/c1-20(2,3)17(24)29-13-12(11-27-10)28-16(23)15(31-19(26)22(7,8)9)14(13)30-18(25)21(4,5)6/h12-16,23H,11H2,1-10H3/t12-,13-,14+,15+,16+/m1/s1. The van der Waals surface area contributed by atoms with Crippen LogP contribution in [0.4, 0.5) is 0 Å². The zero-order chi connectivity index (χ0) is 24.4. The largest absolute Gasteiger partial charge is 0.455 e. The first-order chi connectivity index (χ1) is 13.9. The number of hydrogen-bond donors (Lipinski definition) is 1. The van der Waals surface area contributed by atoms with Crippen molar-refractivity contribution in [1.82, 2.24) is 0 Å². The van der Waals surface area contributed by atoms with E-state index in [0.29, 0.717) is 0 Å². The van der Waals surface area contributed by atoms with Crippen molar-refractivity contribution in [2.45, 2.75) is 93.0 Å². The number of methoxy groups -OCH3 is 1. The van der Waals surface area contributed by atoms with E-state index in [1.165, 1.54) is 7.11 Å². The van der Waals surface area contributed by atoms with Crippen molar-refractivity contribution in [2.75, 3.05) is 13.7 Å². The first-order valence-electron chi connectivity index (χ1n) is 10.3. The molecule has 1 heterocycles. The van der Waals surface area contributed by atoms with Crippen molar-refractivity contribution in [3.05, 3.63) is 0 Å². The zero-order valence-electron chi connectivity index (χ0n) is 20.3. The number of hydrogen-bond acceptors (Lipinski definition) is 9. The summed E-state index contributed by atoms with van der Waals surface area (Å²) < 4.78 is 27.5. The molecule has 1 aliphatic rings. The molecule has 9 nitrogen and oxygen atoms in total. The lowest BCUT2D eigenvalue weighted by molar-refractivity contribution is -0.300. The van der Waals surface area contributed by atoms with Crippen LogP contribution in [0.3, 0.4) is 0 Å². The summed E-state index contributed by atoms with van der Waals surface area (Å²) in [5.41, 5.74) is -2.64. The highest BCUT2D eigenvalue weighted by Crippen LogP contribution is 2.32. The summed E-state index contributed by atoms with van der Waals surface area (Å²) in [6.45, 7) is 14.9. The molecule has 0 aliphatic carbocycles. The molecule has 1 N–H and O–H groups in total. The van der Waals surface area contributed by atoms with Crippen molar-refractivity contribution in [1.29, 1.82) is 0 Å². The summed E-state index contributed by atoms with van der Waals surface area (Å²) in [6, 6.07) is 0. The van der Waals surface area contributed by atoms with E-state index in [1.54, 1.807) is 62.3 Å². The Morgan fingerprint density at radius 1 is 0.710 bits per heavy atom. The molecule has 0 radical (unpaired) electrons. The predicted molar refractivity (Wildman–Crippen MR) is 111 cm³/mol. The molecule has 0 amide bonds. The van der Waals surface area contributed by atoms with Crippen molar-refractivity contribution in [3.8, 4) is 0 Å². The van der Waals surface area contributed by atoms with Crippen LogP contribution >= 0.6 is 0 Å². The maximum absolute atomic E-state index is 12.7. The van der Waals surface area contributed by atoms with Gasteiger partial charge in [0.05, 0.1) is 22.9 Å². The van der Waals surface area contributed by atoms with E-state index in [2.05, 4.69) is 0 Å². The fourth-order valence-electron chi connectivity index (χ4n) is 2.50. The van der Waals surface area contributed by atoms with Crippen LogP contribution in [-0.4, -0.2) is 67.4 Å². The molecule has 0 unspecified atom stereocenters. The van der Waals surface area contributed by atoms with Gasteiger partial charge in [-0.25, -0.2) is 0 Å². The lowest BCUT2D eigenvalue weighted by atomic mass is 9.93. The molecule has 31 heavy (non-hydrogen) atoms. The van der Waals surface area contributed by atoms with Gasteiger partial charge in [-0.15, -0.1) is 0 Å². The molecule has 1 aliphatic heterocycles. The Balaban J connectivity index is 3.41. The van der Waals surface area contributed by atoms with Crippen LogP contribution in [0.5, 0.6) is 0 Å². The number of esters is 3. The van der Waals surface area contributed by atoms with Crippen LogP contribution in [0.2, 0.25) is 0 Å². The highest BCUT2D eigenvalue weighted by Gasteiger charge is 2.53. The number of carbonyl (C=O) groups excluding carboxylic acids is 3. The number of aliphatic hydroxyl groups excluding tert-OH is 1. The SMILES string of the molecule is COC[C@H]1O[C@H](O)[C@@H](OC(=O)C(C)(C)C)[C@@H](OC(=O)C(C)(C)C)[C@@H]1OC(=O)C(C)(C)C. The maximum atomic E-state index is 12.7. The Morgan fingerprint density at radius 3 is 1.42 bits per heavy atom. The van der Waals surface area contributed by atoms with E-state index >= 15 is 0 Å². The molecule has 1 fully saturated rings. The fraction of sp³-hybridized carbons (Fsp3) is 0.864. The van der Waals surface area contributed by atoms with Gasteiger partial charge in [0.25, 0.3) is 0 Å². The first-order valence-corrected chi connectivity index (χ1v) is 10.3. The van der Waals surface area contributed by atoms with Gasteiger partial charge in [-0.2, -0.15) is 0 Å². The van der Waals surface area contributed by atoms with Gasteiger partial charge in [0.15, 0.2) is 24.6 Å². The third-order valence-corrected chi connectivity index (χ3v) is 4.51. The third kappa shape index (κ3) is 7.43. The van der Waals surface area contributed by atoms with Crippen LogP contribution in [-0.2, 0) is 38.1 Å². The topological polar surface area (TPSA) is 118 Å². The second-order valence-corrected chi connectivity index (χ2v) is 10.9. The second-order valence-electron chi connectivity index (χ2n) is 10.9. The summed E-state index contributed by atoms with van der Waals surface area (Å²) in [4.78, 5) is 37.9. The Bertz CT molecular complexity index is 651. The quantitative estimate of drug-likeness (QED) is 0.501. The number of ether oxygens (including phenoxy) is 5. The molecule has 0 spiro atoms. The van der Waals surface area contributed by atoms with Crippen LogP contribution in [0, 0.1) is 16.2 Å². The molecule has 1 rings (SSSR count). The zero-order valence-corrected chi connectivity index (χ0v) is 20.3. The molecule has 1 saturated heterocycles. The van der Waals surface area contributed by atoms with Gasteiger partial charge < -0.3 is 28.8 Å². The fourth-order valence-corrected chi connectivity index (χ4v) is 2.50. The number of aliphatic hydroxyl groups is 1. The summed E-state index contributed by atoms with van der Waals surface area (Å²) in [7, 11) is 1.42. The average Bonchev–Trinajstić information content (AvgIpc) is 2.58. The Morgan fingerprint density at radius 2 is 1.06 bits per heavy atom. The number of rotatable bonds is 5. The Kier molecular flexibility index (Phi) is 8.67. The lowest BCUT2D eigenvalue weighted by Gasteiger charge is -2.44. The molecule has 0 aromatic carbocycles. The van der Waals surface area contributed by atoms with Crippen molar-refractivity contribution in [2.24, 2.45) is 16.2 Å². The van der Waals surface area contributed by atoms with E-state index in [1.807, 2.05) is 0 Å². The number of carbonyl (C=O) groups is 3. The highest BCUT2D eigenvalue weighted by molar-refractivity contribution is 5.77. The van der Waals surface area contributed by atoms with Crippen molar-refractivity contribution >= 4 is 17.9 Å². The van der Waals surface area contributed by atoms with Crippen LogP contribution < -0.4 is 0 Å². The van der Waals surface area contributed by atoms with Crippen molar-refractivity contribution in [3.63, 3.8) is 0 Å². The van der Waals surface area contributed by atoms with E-state index in [-0.39, 0.29) is 6.61 Å². The monoisotopic (exact) mass is 446 g/mol. The van der Waals surface area contributed by atoms with Crippen LogP contribution in [0.1, 0.15) is 62.3 Å². The average molecular weight is 447 g/mol. The molecular formula is C22H38O9. The highest BCUT2D eigenvalue weighted by atomic mass is 16.7. The van der Waals surface area contributed by atoms with Gasteiger partial charge >= 0.3 is 17.9 Å². The molecule has 5 atom stereocenters. The predicted octanol–water partition coefficient (Wildman–Crippen LogP) is 2.22. The molecule has 180 valence electrons. The van der Waals surface area contributed by atoms with Gasteiger partial charge in [0.2, 0.25) is 0 Å². The third-order valence-electron chi connectivity index (χ3n) is 4.51. The van der Waals surface area contributed by atoms with Gasteiger partial charge in [-0.05, 0) is 62.3 Å². The first kappa shape index (κ1) is 27.3. The summed E-state index contributed by atoms with van der Waals surface area (Å²) in [5.74, 6) is -1.82. The van der Waals surface area contributed by atoms with E-state index in [9.17, 15) is 19.5 Å². The molecule has 0 saturated carbocycles. The summed E-state index contributed by atoms with van der Waals surface area (Å²) >= 11 is 0. The Hall–Kier alpha value is -1.71. The molecular weight excluding hydrogens is 408 g/mol. The minimum Gasteiger partial charge on any atom is -0.455 e. The molecule has 9 heteroatoms. The molecule has 0 aromatic rings. The summed E-state index contributed by atoms with van der Waals surface area (Å²) in [5, 5.41) is 10.6. The molecule has 0 aromatic heterocycles.